The zero-order valence-corrected chi connectivity index (χ0v) is 12.7. The minimum Gasteiger partial charge on any atom is -0.301 e. The first-order valence-corrected chi connectivity index (χ1v) is 8.27. The van der Waals surface area contributed by atoms with Gasteiger partial charge in [0.1, 0.15) is 6.33 Å². The summed E-state index contributed by atoms with van der Waals surface area (Å²) in [5.41, 5.74) is 1.16. The quantitative estimate of drug-likeness (QED) is 0.845. The first kappa shape index (κ1) is 13.6. The minimum atomic E-state index is -0.0643. The SMILES string of the molecule is C[C@H]1CCc2nc(NC(=O)CSc3ncn[nH]3)sc2C1. The molecular formula is C12H15N5OS2. The Labute approximate surface area is 124 Å². The summed E-state index contributed by atoms with van der Waals surface area (Å²) < 4.78 is 0. The standard InChI is InChI=1S/C12H15N5OS2/c1-7-2-3-8-9(4-7)20-12(15-8)16-10(18)5-19-11-13-6-14-17-11/h6-7H,2-5H2,1H3,(H,13,14,17)(H,15,16,18)/t7-/m0/s1. The van der Waals surface area contributed by atoms with Gasteiger partial charge in [0, 0.05) is 4.88 Å². The van der Waals surface area contributed by atoms with E-state index >= 15 is 0 Å². The Morgan fingerprint density at radius 1 is 1.65 bits per heavy atom. The number of fused-ring (bicyclic) bond motifs is 1. The molecule has 0 aliphatic heterocycles. The molecule has 106 valence electrons. The van der Waals surface area contributed by atoms with Crippen molar-refractivity contribution < 1.29 is 4.79 Å². The number of nitrogens with zero attached hydrogens (tertiary/aromatic N) is 3. The van der Waals surface area contributed by atoms with Gasteiger partial charge in [-0.05, 0) is 25.2 Å². The second-order valence-corrected chi connectivity index (χ2v) is 6.91. The van der Waals surface area contributed by atoms with Gasteiger partial charge < -0.3 is 5.32 Å². The Morgan fingerprint density at radius 3 is 3.35 bits per heavy atom. The van der Waals surface area contributed by atoms with Crippen LogP contribution in [0.1, 0.15) is 23.9 Å². The number of thioether (sulfide) groups is 1. The Morgan fingerprint density at radius 2 is 2.55 bits per heavy atom. The molecular weight excluding hydrogens is 294 g/mol. The van der Waals surface area contributed by atoms with E-state index in [1.54, 1.807) is 11.3 Å². The first-order valence-electron chi connectivity index (χ1n) is 6.47. The lowest BCUT2D eigenvalue weighted by atomic mass is 9.93. The summed E-state index contributed by atoms with van der Waals surface area (Å²) in [5, 5.41) is 10.7. The number of rotatable bonds is 4. The molecule has 0 saturated heterocycles. The summed E-state index contributed by atoms with van der Waals surface area (Å²) >= 11 is 2.93. The lowest BCUT2D eigenvalue weighted by molar-refractivity contribution is -0.113. The van der Waals surface area contributed by atoms with Crippen molar-refractivity contribution in [1.29, 1.82) is 0 Å². The molecule has 0 saturated carbocycles. The zero-order valence-electron chi connectivity index (χ0n) is 11.0. The van der Waals surface area contributed by atoms with Gasteiger partial charge in [-0.1, -0.05) is 18.7 Å². The van der Waals surface area contributed by atoms with Crippen LogP contribution in [0, 0.1) is 5.92 Å². The maximum absolute atomic E-state index is 11.9. The van der Waals surface area contributed by atoms with Crippen molar-refractivity contribution in [2.45, 2.75) is 31.3 Å². The van der Waals surface area contributed by atoms with Gasteiger partial charge in [-0.3, -0.25) is 9.89 Å². The predicted octanol–water partition coefficient (Wildman–Crippen LogP) is 2.12. The lowest BCUT2D eigenvalue weighted by Gasteiger charge is -2.15. The van der Waals surface area contributed by atoms with Crippen molar-refractivity contribution in [2.24, 2.45) is 5.92 Å². The second-order valence-electron chi connectivity index (χ2n) is 4.86. The van der Waals surface area contributed by atoms with Gasteiger partial charge in [-0.2, -0.15) is 5.10 Å². The van der Waals surface area contributed by atoms with Crippen LogP contribution in [-0.4, -0.2) is 31.8 Å². The van der Waals surface area contributed by atoms with Crippen LogP contribution in [0.25, 0.3) is 0 Å². The van der Waals surface area contributed by atoms with Crippen LogP contribution in [0.5, 0.6) is 0 Å². The Bertz CT molecular complexity index is 595. The van der Waals surface area contributed by atoms with E-state index in [0.717, 1.165) is 18.5 Å². The van der Waals surface area contributed by atoms with E-state index in [2.05, 4.69) is 32.4 Å². The summed E-state index contributed by atoms with van der Waals surface area (Å²) in [6, 6.07) is 0. The minimum absolute atomic E-state index is 0.0643. The summed E-state index contributed by atoms with van der Waals surface area (Å²) in [6.45, 7) is 2.26. The molecule has 20 heavy (non-hydrogen) atoms. The highest BCUT2D eigenvalue weighted by molar-refractivity contribution is 7.99. The van der Waals surface area contributed by atoms with Crippen molar-refractivity contribution in [1.82, 2.24) is 20.2 Å². The average Bonchev–Trinajstić information content (AvgIpc) is 3.04. The van der Waals surface area contributed by atoms with Crippen molar-refractivity contribution >= 4 is 34.1 Å². The fourth-order valence-corrected chi connectivity index (χ4v) is 3.91. The average molecular weight is 309 g/mol. The lowest BCUT2D eigenvalue weighted by Crippen LogP contribution is -2.14. The number of H-pyrrole nitrogens is 1. The number of hydrogen-bond donors (Lipinski definition) is 2. The molecule has 1 amide bonds. The van der Waals surface area contributed by atoms with Crippen molar-refractivity contribution in [3.63, 3.8) is 0 Å². The molecule has 2 heterocycles. The van der Waals surface area contributed by atoms with Gasteiger partial charge in [0.25, 0.3) is 0 Å². The molecule has 0 unspecified atom stereocenters. The number of anilines is 1. The maximum Gasteiger partial charge on any atom is 0.236 e. The Hall–Kier alpha value is -1.41. The highest BCUT2D eigenvalue weighted by Crippen LogP contribution is 2.32. The van der Waals surface area contributed by atoms with E-state index in [1.165, 1.54) is 29.4 Å². The van der Waals surface area contributed by atoms with E-state index in [1.807, 2.05) is 0 Å². The van der Waals surface area contributed by atoms with Crippen molar-refractivity contribution in [2.75, 3.05) is 11.1 Å². The molecule has 1 atom stereocenters. The van der Waals surface area contributed by atoms with Crippen LogP contribution in [0.3, 0.4) is 0 Å². The van der Waals surface area contributed by atoms with Gasteiger partial charge in [-0.15, -0.1) is 11.3 Å². The predicted molar refractivity (Wildman–Crippen MR) is 79.0 cm³/mol. The van der Waals surface area contributed by atoms with Gasteiger partial charge in [0.15, 0.2) is 10.3 Å². The van der Waals surface area contributed by atoms with Crippen LogP contribution in [-0.2, 0) is 17.6 Å². The van der Waals surface area contributed by atoms with Crippen LogP contribution < -0.4 is 5.32 Å². The fraction of sp³-hybridized carbons (Fsp3) is 0.500. The maximum atomic E-state index is 11.9. The third-order valence-corrected chi connectivity index (χ3v) is 5.08. The summed E-state index contributed by atoms with van der Waals surface area (Å²) in [6.07, 6.45) is 4.72. The number of amides is 1. The second kappa shape index (κ2) is 5.92. The van der Waals surface area contributed by atoms with E-state index < -0.39 is 0 Å². The van der Waals surface area contributed by atoms with Gasteiger partial charge >= 0.3 is 0 Å². The van der Waals surface area contributed by atoms with Crippen LogP contribution >= 0.6 is 23.1 Å². The largest absolute Gasteiger partial charge is 0.301 e. The smallest absolute Gasteiger partial charge is 0.236 e. The van der Waals surface area contributed by atoms with Gasteiger partial charge in [-0.25, -0.2) is 9.97 Å². The molecule has 1 aliphatic rings. The van der Waals surface area contributed by atoms with Crippen molar-refractivity contribution in [3.8, 4) is 0 Å². The van der Waals surface area contributed by atoms with Crippen molar-refractivity contribution in [3.05, 3.63) is 16.9 Å². The number of carbonyl (C=O) groups is 1. The molecule has 2 aromatic heterocycles. The molecule has 2 N–H and O–H groups in total. The molecule has 1 aliphatic carbocycles. The summed E-state index contributed by atoms with van der Waals surface area (Å²) in [5.74, 6) is 0.953. The molecule has 6 nitrogen and oxygen atoms in total. The van der Waals surface area contributed by atoms with E-state index in [-0.39, 0.29) is 5.91 Å². The van der Waals surface area contributed by atoms with Gasteiger partial charge in [0.05, 0.1) is 11.4 Å². The number of hydrogen-bond acceptors (Lipinski definition) is 6. The number of aromatic nitrogens is 4. The topological polar surface area (TPSA) is 83.6 Å². The molecule has 8 heteroatoms. The highest BCUT2D eigenvalue weighted by atomic mass is 32.2. The Balaban J connectivity index is 1.56. The number of thiazole rings is 1. The zero-order chi connectivity index (χ0) is 13.9. The van der Waals surface area contributed by atoms with Gasteiger partial charge in [0.2, 0.25) is 5.91 Å². The van der Waals surface area contributed by atoms with E-state index in [0.29, 0.717) is 22.0 Å². The number of carbonyl (C=O) groups excluding carboxylic acids is 1. The Kier molecular flexibility index (Phi) is 4.02. The van der Waals surface area contributed by atoms with E-state index in [9.17, 15) is 4.79 Å². The third-order valence-electron chi connectivity index (χ3n) is 3.17. The van der Waals surface area contributed by atoms with Crippen LogP contribution in [0.2, 0.25) is 0 Å². The molecule has 0 fully saturated rings. The number of aryl methyl sites for hydroxylation is 1. The molecule has 0 aromatic carbocycles. The monoisotopic (exact) mass is 309 g/mol. The normalized spacial score (nSPS) is 17.8. The highest BCUT2D eigenvalue weighted by Gasteiger charge is 2.20. The fourth-order valence-electron chi connectivity index (χ4n) is 2.15. The number of nitrogens with one attached hydrogen (secondary N) is 2. The third kappa shape index (κ3) is 3.18. The van der Waals surface area contributed by atoms with Crippen LogP contribution in [0.4, 0.5) is 5.13 Å². The summed E-state index contributed by atoms with van der Waals surface area (Å²) in [4.78, 5) is 21.7. The summed E-state index contributed by atoms with van der Waals surface area (Å²) in [7, 11) is 0. The molecule has 0 radical (unpaired) electrons. The number of aromatic amines is 1. The van der Waals surface area contributed by atoms with Crippen LogP contribution in [0.15, 0.2) is 11.5 Å². The van der Waals surface area contributed by atoms with E-state index in [4.69, 9.17) is 0 Å². The first-order chi connectivity index (χ1) is 9.70. The molecule has 3 rings (SSSR count). The molecule has 0 spiro atoms. The molecule has 0 bridgehead atoms. The molecule has 2 aromatic rings.